The van der Waals surface area contributed by atoms with Crippen molar-refractivity contribution in [3.05, 3.63) is 29.3 Å². The molecule has 2 N–H and O–H groups in total. The van der Waals surface area contributed by atoms with Gasteiger partial charge in [-0.05, 0) is 24.5 Å². The topological polar surface area (TPSA) is 84.0 Å². The van der Waals surface area contributed by atoms with Gasteiger partial charge in [0.1, 0.15) is 11.0 Å². The van der Waals surface area contributed by atoms with Gasteiger partial charge in [-0.3, -0.25) is 14.9 Å². The summed E-state index contributed by atoms with van der Waals surface area (Å²) in [6, 6.07) is 6.68. The molecule has 0 aliphatic carbocycles. The number of carbonyl (C=O) groups excluding carboxylic acids is 2. The first kappa shape index (κ1) is 22.3. The van der Waals surface area contributed by atoms with Crippen molar-refractivity contribution in [3.63, 3.8) is 0 Å². The van der Waals surface area contributed by atoms with Crippen molar-refractivity contribution >= 4 is 39.9 Å². The van der Waals surface area contributed by atoms with Crippen LogP contribution in [0, 0.1) is 5.92 Å². The van der Waals surface area contributed by atoms with Crippen LogP contribution in [-0.2, 0) is 9.59 Å². The minimum absolute atomic E-state index is 0.0128. The maximum absolute atomic E-state index is 12.8. The molecule has 28 heavy (non-hydrogen) atoms. The average molecular weight is 423 g/mol. The lowest BCUT2D eigenvalue weighted by atomic mass is 9.98. The molecule has 2 atom stereocenters. The van der Waals surface area contributed by atoms with Gasteiger partial charge in [-0.2, -0.15) is 0 Å². The summed E-state index contributed by atoms with van der Waals surface area (Å²) >= 11 is 7.19. The monoisotopic (exact) mass is 422 g/mol. The van der Waals surface area contributed by atoms with Crippen LogP contribution in [0.15, 0.2) is 24.3 Å². The standard InChI is InChI=1S/C20H27ClN4O2S/c1-4-6-7-8-16(26)22-17(13(3)5-2)18(27)23-20-25-24-19(28-20)14-9-11-15(21)12-10-14/h9-13,17H,4-8H2,1-3H3,(H,22,26)(H,23,25,27)/t13-,17-/m1/s1. The van der Waals surface area contributed by atoms with Gasteiger partial charge in [0.2, 0.25) is 16.9 Å². The SMILES string of the molecule is CCCCCC(=O)N[C@@H](C(=O)Nc1nnc(-c2ccc(Cl)cc2)s1)[C@H](C)CC. The maximum atomic E-state index is 12.8. The summed E-state index contributed by atoms with van der Waals surface area (Å²) in [7, 11) is 0. The van der Waals surface area contributed by atoms with E-state index in [0.29, 0.717) is 21.6 Å². The van der Waals surface area contributed by atoms with Crippen LogP contribution in [0.2, 0.25) is 5.02 Å². The normalized spacial score (nSPS) is 13.0. The predicted molar refractivity (Wildman–Crippen MR) is 115 cm³/mol. The Labute approximate surface area is 175 Å². The first-order valence-electron chi connectivity index (χ1n) is 9.64. The van der Waals surface area contributed by atoms with E-state index in [1.165, 1.54) is 11.3 Å². The Morgan fingerprint density at radius 1 is 1.14 bits per heavy atom. The number of anilines is 1. The van der Waals surface area contributed by atoms with Crippen molar-refractivity contribution in [1.29, 1.82) is 0 Å². The molecular formula is C20H27ClN4O2S. The van der Waals surface area contributed by atoms with Crippen molar-refractivity contribution in [1.82, 2.24) is 15.5 Å². The molecule has 1 aromatic heterocycles. The molecule has 2 aromatic rings. The van der Waals surface area contributed by atoms with Crippen LogP contribution >= 0.6 is 22.9 Å². The van der Waals surface area contributed by atoms with E-state index in [9.17, 15) is 9.59 Å². The molecule has 0 saturated carbocycles. The fraction of sp³-hybridized carbons (Fsp3) is 0.500. The Morgan fingerprint density at radius 2 is 1.86 bits per heavy atom. The first-order chi connectivity index (χ1) is 13.4. The second-order valence-corrected chi connectivity index (χ2v) is 8.21. The van der Waals surface area contributed by atoms with Gasteiger partial charge in [-0.15, -0.1) is 10.2 Å². The maximum Gasteiger partial charge on any atom is 0.249 e. The van der Waals surface area contributed by atoms with E-state index < -0.39 is 6.04 Å². The lowest BCUT2D eigenvalue weighted by molar-refractivity contribution is -0.127. The van der Waals surface area contributed by atoms with Crippen molar-refractivity contribution in [2.24, 2.45) is 5.92 Å². The number of nitrogens with one attached hydrogen (secondary N) is 2. The van der Waals surface area contributed by atoms with Crippen LogP contribution in [0.4, 0.5) is 5.13 Å². The molecule has 2 rings (SSSR count). The molecule has 1 heterocycles. The van der Waals surface area contributed by atoms with Crippen LogP contribution in [0.25, 0.3) is 10.6 Å². The molecule has 0 unspecified atom stereocenters. The van der Waals surface area contributed by atoms with E-state index in [-0.39, 0.29) is 17.7 Å². The Kier molecular flexibility index (Phi) is 8.86. The number of benzene rings is 1. The lowest BCUT2D eigenvalue weighted by Crippen LogP contribution is -2.47. The summed E-state index contributed by atoms with van der Waals surface area (Å²) in [4.78, 5) is 25.0. The lowest BCUT2D eigenvalue weighted by Gasteiger charge is -2.23. The van der Waals surface area contributed by atoms with Crippen LogP contribution in [0.1, 0.15) is 52.9 Å². The second kappa shape index (κ2) is 11.1. The smallest absolute Gasteiger partial charge is 0.249 e. The van der Waals surface area contributed by atoms with Crippen LogP contribution < -0.4 is 10.6 Å². The predicted octanol–water partition coefficient (Wildman–Crippen LogP) is 4.91. The van der Waals surface area contributed by atoms with Crippen LogP contribution in [-0.4, -0.2) is 28.1 Å². The second-order valence-electron chi connectivity index (χ2n) is 6.80. The molecule has 0 fully saturated rings. The fourth-order valence-electron chi connectivity index (χ4n) is 2.65. The van der Waals surface area contributed by atoms with Gasteiger partial charge in [-0.1, -0.05) is 75.1 Å². The number of halogens is 1. The number of aromatic nitrogens is 2. The summed E-state index contributed by atoms with van der Waals surface area (Å²) in [6.07, 6.45) is 4.10. The third-order valence-corrected chi connectivity index (χ3v) is 5.71. The van der Waals surface area contributed by atoms with Crippen molar-refractivity contribution in [2.75, 3.05) is 5.32 Å². The van der Waals surface area contributed by atoms with E-state index >= 15 is 0 Å². The van der Waals surface area contributed by atoms with Gasteiger partial charge in [0.05, 0.1) is 0 Å². The molecular weight excluding hydrogens is 396 g/mol. The van der Waals surface area contributed by atoms with E-state index in [0.717, 1.165) is 31.2 Å². The van der Waals surface area contributed by atoms with Gasteiger partial charge < -0.3 is 5.32 Å². The van der Waals surface area contributed by atoms with Crippen molar-refractivity contribution < 1.29 is 9.59 Å². The largest absolute Gasteiger partial charge is 0.344 e. The van der Waals surface area contributed by atoms with Gasteiger partial charge in [-0.25, -0.2) is 0 Å². The average Bonchev–Trinajstić information content (AvgIpc) is 3.14. The molecule has 152 valence electrons. The number of carbonyl (C=O) groups is 2. The molecule has 1 aromatic carbocycles. The number of unbranched alkanes of at least 4 members (excludes halogenated alkanes) is 2. The summed E-state index contributed by atoms with van der Waals surface area (Å²) in [5, 5.41) is 15.6. The van der Waals surface area contributed by atoms with E-state index in [1.54, 1.807) is 12.1 Å². The zero-order valence-corrected chi connectivity index (χ0v) is 18.1. The molecule has 0 aliphatic rings. The molecule has 0 radical (unpaired) electrons. The molecule has 0 bridgehead atoms. The minimum atomic E-state index is -0.595. The van der Waals surface area contributed by atoms with Crippen LogP contribution in [0.3, 0.4) is 0 Å². The van der Waals surface area contributed by atoms with E-state index in [4.69, 9.17) is 11.6 Å². The number of hydrogen-bond acceptors (Lipinski definition) is 5. The highest BCUT2D eigenvalue weighted by atomic mass is 35.5. The van der Waals surface area contributed by atoms with Gasteiger partial charge in [0.15, 0.2) is 0 Å². The number of amides is 2. The van der Waals surface area contributed by atoms with Crippen molar-refractivity contribution in [3.8, 4) is 10.6 Å². The summed E-state index contributed by atoms with van der Waals surface area (Å²) in [5.74, 6) is -0.344. The fourth-order valence-corrected chi connectivity index (χ4v) is 3.53. The quantitative estimate of drug-likeness (QED) is 0.533. The first-order valence-corrected chi connectivity index (χ1v) is 10.8. The highest BCUT2D eigenvalue weighted by Crippen LogP contribution is 2.27. The zero-order valence-electron chi connectivity index (χ0n) is 16.5. The molecule has 6 nitrogen and oxygen atoms in total. The van der Waals surface area contributed by atoms with Gasteiger partial charge >= 0.3 is 0 Å². The molecule has 0 aliphatic heterocycles. The summed E-state index contributed by atoms with van der Waals surface area (Å²) < 4.78 is 0. The molecule has 2 amide bonds. The third-order valence-electron chi connectivity index (χ3n) is 4.57. The molecule has 8 heteroatoms. The molecule has 0 spiro atoms. The summed E-state index contributed by atoms with van der Waals surface area (Å²) in [5.41, 5.74) is 0.880. The van der Waals surface area contributed by atoms with Gasteiger partial charge in [0, 0.05) is 17.0 Å². The highest BCUT2D eigenvalue weighted by Gasteiger charge is 2.26. The van der Waals surface area contributed by atoms with E-state index in [2.05, 4.69) is 27.8 Å². The Hall–Kier alpha value is -1.99. The Balaban J connectivity index is 2.02. The zero-order chi connectivity index (χ0) is 20.5. The Bertz CT molecular complexity index is 779. The Morgan fingerprint density at radius 3 is 2.50 bits per heavy atom. The number of nitrogens with zero attached hydrogens (tertiary/aromatic N) is 2. The highest BCUT2D eigenvalue weighted by molar-refractivity contribution is 7.18. The molecule has 0 saturated heterocycles. The number of rotatable bonds is 10. The number of hydrogen-bond donors (Lipinski definition) is 2. The van der Waals surface area contributed by atoms with E-state index in [1.807, 2.05) is 26.0 Å². The van der Waals surface area contributed by atoms with Gasteiger partial charge in [0.25, 0.3) is 0 Å². The van der Waals surface area contributed by atoms with Crippen molar-refractivity contribution in [2.45, 2.75) is 58.9 Å². The summed E-state index contributed by atoms with van der Waals surface area (Å²) in [6.45, 7) is 6.04. The third kappa shape index (κ3) is 6.56. The van der Waals surface area contributed by atoms with Crippen LogP contribution in [0.5, 0.6) is 0 Å². The minimum Gasteiger partial charge on any atom is -0.344 e.